The summed E-state index contributed by atoms with van der Waals surface area (Å²) in [6.45, 7) is 4.77. The molecule has 0 saturated heterocycles. The van der Waals surface area contributed by atoms with Gasteiger partial charge in [-0.05, 0) is 32.7 Å². The van der Waals surface area contributed by atoms with Crippen molar-refractivity contribution in [1.82, 2.24) is 5.32 Å². The fraction of sp³-hybridized carbons (Fsp3) is 0.833. The highest BCUT2D eigenvalue weighted by Crippen LogP contribution is 2.17. The third-order valence-electron chi connectivity index (χ3n) is 2.70. The summed E-state index contributed by atoms with van der Waals surface area (Å²) in [4.78, 5) is 0. The maximum Gasteiger partial charge on any atom is 0.0647 e. The molecule has 0 amide bonds. The van der Waals surface area contributed by atoms with Crippen molar-refractivity contribution in [3.63, 3.8) is 0 Å². The minimum atomic E-state index is 0.764. The van der Waals surface area contributed by atoms with Crippen LogP contribution in [-0.2, 0) is 4.74 Å². The fourth-order valence-electron chi connectivity index (χ4n) is 1.86. The quantitative estimate of drug-likeness (QED) is 0.500. The highest BCUT2D eigenvalue weighted by Gasteiger charge is 2.12. The van der Waals surface area contributed by atoms with Crippen molar-refractivity contribution in [3.05, 3.63) is 12.2 Å². The first-order valence-electron chi connectivity index (χ1n) is 5.86. The lowest BCUT2D eigenvalue weighted by atomic mass is 10.2. The summed E-state index contributed by atoms with van der Waals surface area (Å²) in [5.41, 5.74) is 0. The summed E-state index contributed by atoms with van der Waals surface area (Å²) < 4.78 is 5.41. The Hall–Kier alpha value is -0.340. The van der Waals surface area contributed by atoms with Gasteiger partial charge in [-0.25, -0.2) is 0 Å². The number of nitrogens with one attached hydrogen (secondary N) is 1. The highest BCUT2D eigenvalue weighted by atomic mass is 16.5. The largest absolute Gasteiger partial charge is 0.377 e. The Morgan fingerprint density at radius 3 is 2.86 bits per heavy atom. The van der Waals surface area contributed by atoms with E-state index < -0.39 is 0 Å². The fourth-order valence-corrected chi connectivity index (χ4v) is 1.86. The molecule has 0 aliphatic heterocycles. The van der Waals surface area contributed by atoms with Crippen LogP contribution < -0.4 is 5.32 Å². The third-order valence-corrected chi connectivity index (χ3v) is 2.70. The van der Waals surface area contributed by atoms with E-state index in [4.69, 9.17) is 4.74 Å². The third kappa shape index (κ3) is 5.40. The van der Waals surface area contributed by atoms with Crippen LogP contribution in [0.15, 0.2) is 12.2 Å². The van der Waals surface area contributed by atoms with Crippen molar-refractivity contribution in [3.8, 4) is 0 Å². The van der Waals surface area contributed by atoms with Gasteiger partial charge >= 0.3 is 0 Å². The number of rotatable bonds is 7. The van der Waals surface area contributed by atoms with E-state index in [2.05, 4.69) is 5.32 Å². The van der Waals surface area contributed by atoms with Crippen molar-refractivity contribution >= 4 is 0 Å². The molecule has 1 N–H and O–H groups in total. The Labute approximate surface area is 87.7 Å². The topological polar surface area (TPSA) is 21.3 Å². The molecule has 0 spiro atoms. The number of hydrogen-bond donors (Lipinski definition) is 1. The first-order chi connectivity index (χ1) is 6.93. The molecule has 2 heteroatoms. The van der Waals surface area contributed by atoms with Crippen molar-refractivity contribution in [1.29, 1.82) is 0 Å². The van der Waals surface area contributed by atoms with Gasteiger partial charge in [-0.15, -0.1) is 0 Å². The summed E-state index contributed by atoms with van der Waals surface area (Å²) in [7, 11) is 0. The minimum Gasteiger partial charge on any atom is -0.377 e. The van der Waals surface area contributed by atoms with Crippen LogP contribution >= 0.6 is 0 Å². The minimum absolute atomic E-state index is 0.764. The lowest BCUT2D eigenvalue weighted by Crippen LogP contribution is -2.27. The summed E-state index contributed by atoms with van der Waals surface area (Å²) in [6.07, 6.45) is 10.8. The summed E-state index contributed by atoms with van der Waals surface area (Å²) in [5.74, 6) is 0. The molecule has 0 aromatic rings. The molecule has 0 heterocycles. The van der Waals surface area contributed by atoms with Gasteiger partial charge in [0.15, 0.2) is 0 Å². The van der Waals surface area contributed by atoms with E-state index in [-0.39, 0.29) is 0 Å². The predicted molar refractivity (Wildman–Crippen MR) is 60.5 cm³/mol. The predicted octanol–water partition coefficient (Wildman–Crippen LogP) is 2.50. The van der Waals surface area contributed by atoms with Crippen LogP contribution in [0.2, 0.25) is 0 Å². The van der Waals surface area contributed by atoms with E-state index in [1.807, 2.05) is 19.1 Å². The lowest BCUT2D eigenvalue weighted by Gasteiger charge is -2.10. The molecule has 1 rings (SSSR count). The van der Waals surface area contributed by atoms with Crippen LogP contribution in [0, 0.1) is 0 Å². The second-order valence-corrected chi connectivity index (χ2v) is 3.93. The SMILES string of the molecule is CC=CCOCCCNC1CCCC1. The van der Waals surface area contributed by atoms with Gasteiger partial charge in [0.1, 0.15) is 0 Å². The zero-order valence-corrected chi connectivity index (χ0v) is 9.30. The van der Waals surface area contributed by atoms with Gasteiger partial charge < -0.3 is 10.1 Å². The second-order valence-electron chi connectivity index (χ2n) is 3.93. The smallest absolute Gasteiger partial charge is 0.0647 e. The lowest BCUT2D eigenvalue weighted by molar-refractivity contribution is 0.158. The van der Waals surface area contributed by atoms with Crippen LogP contribution in [0.25, 0.3) is 0 Å². The van der Waals surface area contributed by atoms with Crippen molar-refractivity contribution < 1.29 is 4.74 Å². The molecule has 0 aromatic carbocycles. The Morgan fingerprint density at radius 2 is 2.14 bits per heavy atom. The molecule has 2 nitrogen and oxygen atoms in total. The van der Waals surface area contributed by atoms with Crippen molar-refractivity contribution in [2.45, 2.75) is 45.1 Å². The average molecular weight is 197 g/mol. The molecular weight excluding hydrogens is 174 g/mol. The Kier molecular flexibility index (Phi) is 6.71. The molecule has 0 radical (unpaired) electrons. The van der Waals surface area contributed by atoms with Gasteiger partial charge in [0, 0.05) is 12.6 Å². The molecule has 82 valence electrons. The van der Waals surface area contributed by atoms with Gasteiger partial charge in [0.2, 0.25) is 0 Å². The summed E-state index contributed by atoms with van der Waals surface area (Å²) >= 11 is 0. The van der Waals surface area contributed by atoms with Gasteiger partial charge in [-0.1, -0.05) is 25.0 Å². The maximum atomic E-state index is 5.41. The van der Waals surface area contributed by atoms with E-state index in [0.29, 0.717) is 0 Å². The van der Waals surface area contributed by atoms with Gasteiger partial charge in [-0.3, -0.25) is 0 Å². The van der Waals surface area contributed by atoms with Crippen LogP contribution in [0.1, 0.15) is 39.0 Å². The number of ether oxygens (including phenoxy) is 1. The van der Waals surface area contributed by atoms with E-state index in [1.165, 1.54) is 25.7 Å². The van der Waals surface area contributed by atoms with E-state index in [1.54, 1.807) is 0 Å². The number of allylic oxidation sites excluding steroid dienone is 1. The first-order valence-corrected chi connectivity index (χ1v) is 5.86. The molecule has 1 saturated carbocycles. The molecule has 1 aliphatic rings. The molecule has 0 bridgehead atoms. The monoisotopic (exact) mass is 197 g/mol. The molecular formula is C12H23NO. The van der Waals surface area contributed by atoms with Crippen LogP contribution in [0.3, 0.4) is 0 Å². The highest BCUT2D eigenvalue weighted by molar-refractivity contribution is 4.76. The average Bonchev–Trinajstić information content (AvgIpc) is 2.69. The number of hydrogen-bond acceptors (Lipinski definition) is 2. The second kappa shape index (κ2) is 8.01. The van der Waals surface area contributed by atoms with E-state index in [0.717, 1.165) is 32.2 Å². The normalized spacial score (nSPS) is 18.4. The van der Waals surface area contributed by atoms with Crippen molar-refractivity contribution in [2.75, 3.05) is 19.8 Å². The molecule has 0 aromatic heterocycles. The van der Waals surface area contributed by atoms with Gasteiger partial charge in [0.25, 0.3) is 0 Å². The van der Waals surface area contributed by atoms with Crippen LogP contribution in [-0.4, -0.2) is 25.8 Å². The standard InChI is InChI=1S/C12H23NO/c1-2-3-10-14-11-6-9-13-12-7-4-5-8-12/h2-3,12-13H,4-11H2,1H3. The molecule has 0 atom stereocenters. The van der Waals surface area contributed by atoms with Crippen LogP contribution in [0.4, 0.5) is 0 Å². The Morgan fingerprint density at radius 1 is 1.36 bits per heavy atom. The zero-order valence-electron chi connectivity index (χ0n) is 9.30. The molecule has 14 heavy (non-hydrogen) atoms. The Balaban J connectivity index is 1.79. The van der Waals surface area contributed by atoms with Crippen LogP contribution in [0.5, 0.6) is 0 Å². The van der Waals surface area contributed by atoms with E-state index in [9.17, 15) is 0 Å². The van der Waals surface area contributed by atoms with Gasteiger partial charge in [0.05, 0.1) is 6.61 Å². The summed E-state index contributed by atoms with van der Waals surface area (Å²) in [5, 5.41) is 3.57. The molecule has 1 fully saturated rings. The molecule has 0 unspecified atom stereocenters. The molecule has 1 aliphatic carbocycles. The first kappa shape index (κ1) is 11.7. The van der Waals surface area contributed by atoms with Gasteiger partial charge in [-0.2, -0.15) is 0 Å². The van der Waals surface area contributed by atoms with E-state index >= 15 is 0 Å². The Bertz CT molecular complexity index is 150. The maximum absolute atomic E-state index is 5.41. The summed E-state index contributed by atoms with van der Waals surface area (Å²) in [6, 6.07) is 0.797. The zero-order chi connectivity index (χ0) is 10.1. The van der Waals surface area contributed by atoms with Crippen molar-refractivity contribution in [2.24, 2.45) is 0 Å².